The Balaban J connectivity index is 3.49. The van der Waals surface area contributed by atoms with Crippen LogP contribution in [-0.4, -0.2) is 5.38 Å². The SMILES string of the molecule is CCC/C=C(/Cl)CC(C)Cl. The highest BCUT2D eigenvalue weighted by molar-refractivity contribution is 6.30. The zero-order chi connectivity index (χ0) is 7.98. The standard InChI is InChI=1S/C8H14Cl2/c1-3-4-5-8(10)6-7(2)9/h5,7H,3-4,6H2,1-2H3/b8-5+. The number of rotatable bonds is 4. The van der Waals surface area contributed by atoms with Gasteiger partial charge in [-0.25, -0.2) is 0 Å². The lowest BCUT2D eigenvalue weighted by Crippen LogP contribution is -1.89. The van der Waals surface area contributed by atoms with Gasteiger partial charge in [-0.15, -0.1) is 11.6 Å². The van der Waals surface area contributed by atoms with E-state index in [-0.39, 0.29) is 5.38 Å². The van der Waals surface area contributed by atoms with Gasteiger partial charge in [0.1, 0.15) is 0 Å². The van der Waals surface area contributed by atoms with Crippen molar-refractivity contribution in [2.45, 2.75) is 38.5 Å². The van der Waals surface area contributed by atoms with E-state index in [1.54, 1.807) is 0 Å². The third-order valence-corrected chi connectivity index (χ3v) is 1.59. The van der Waals surface area contributed by atoms with Crippen LogP contribution < -0.4 is 0 Å². The average molecular weight is 181 g/mol. The monoisotopic (exact) mass is 180 g/mol. The van der Waals surface area contributed by atoms with Crippen molar-refractivity contribution in [1.82, 2.24) is 0 Å². The molecule has 0 N–H and O–H groups in total. The highest BCUT2D eigenvalue weighted by Crippen LogP contribution is 2.14. The van der Waals surface area contributed by atoms with Gasteiger partial charge in [-0.1, -0.05) is 31.0 Å². The minimum atomic E-state index is 0.153. The molecule has 0 aromatic rings. The molecular formula is C8H14Cl2. The molecule has 0 aliphatic carbocycles. The summed E-state index contributed by atoms with van der Waals surface area (Å²) >= 11 is 11.6. The maximum absolute atomic E-state index is 5.83. The molecule has 60 valence electrons. The summed E-state index contributed by atoms with van der Waals surface area (Å²) in [5.41, 5.74) is 0. The molecule has 10 heavy (non-hydrogen) atoms. The van der Waals surface area contributed by atoms with Gasteiger partial charge in [-0.2, -0.15) is 0 Å². The first-order valence-corrected chi connectivity index (χ1v) is 4.46. The smallest absolute Gasteiger partial charge is 0.0356 e. The molecule has 0 rings (SSSR count). The normalized spacial score (nSPS) is 15.4. The Kier molecular flexibility index (Phi) is 6.25. The van der Waals surface area contributed by atoms with E-state index >= 15 is 0 Å². The Hall–Kier alpha value is 0.320. The molecule has 1 unspecified atom stereocenters. The van der Waals surface area contributed by atoms with Gasteiger partial charge in [0.05, 0.1) is 0 Å². The van der Waals surface area contributed by atoms with Crippen molar-refractivity contribution in [3.63, 3.8) is 0 Å². The van der Waals surface area contributed by atoms with E-state index in [4.69, 9.17) is 23.2 Å². The molecule has 0 heterocycles. The fourth-order valence-corrected chi connectivity index (χ4v) is 1.24. The second-order valence-electron chi connectivity index (χ2n) is 2.42. The first-order valence-electron chi connectivity index (χ1n) is 3.65. The van der Waals surface area contributed by atoms with Crippen LogP contribution in [0.2, 0.25) is 0 Å². The highest BCUT2D eigenvalue weighted by Gasteiger charge is 1.97. The third-order valence-electron chi connectivity index (χ3n) is 1.13. The van der Waals surface area contributed by atoms with E-state index in [9.17, 15) is 0 Å². The molecule has 0 saturated heterocycles. The molecule has 0 bridgehead atoms. The summed E-state index contributed by atoms with van der Waals surface area (Å²) < 4.78 is 0. The Morgan fingerprint density at radius 2 is 2.20 bits per heavy atom. The van der Waals surface area contributed by atoms with Crippen LogP contribution in [0.4, 0.5) is 0 Å². The summed E-state index contributed by atoms with van der Waals surface area (Å²) in [6.45, 7) is 4.08. The summed E-state index contributed by atoms with van der Waals surface area (Å²) in [4.78, 5) is 0. The lowest BCUT2D eigenvalue weighted by molar-refractivity contribution is 0.915. The summed E-state index contributed by atoms with van der Waals surface area (Å²) in [5, 5.41) is 1.05. The zero-order valence-corrected chi connectivity index (χ0v) is 8.04. The predicted octanol–water partition coefficient (Wildman–Crippen LogP) is 3.93. The number of unbranched alkanes of at least 4 members (excludes halogenated alkanes) is 1. The number of allylic oxidation sites excluding steroid dienone is 2. The van der Waals surface area contributed by atoms with Gasteiger partial charge < -0.3 is 0 Å². The van der Waals surface area contributed by atoms with Crippen LogP contribution in [0, 0.1) is 0 Å². The molecule has 2 heteroatoms. The molecule has 0 spiro atoms. The number of halogens is 2. The summed E-state index contributed by atoms with van der Waals surface area (Å²) in [5.74, 6) is 0. The van der Waals surface area contributed by atoms with E-state index in [2.05, 4.69) is 6.92 Å². The summed E-state index contributed by atoms with van der Waals surface area (Å²) in [6.07, 6.45) is 5.04. The number of hydrogen-bond donors (Lipinski definition) is 0. The Morgan fingerprint density at radius 3 is 2.60 bits per heavy atom. The first kappa shape index (κ1) is 10.3. The Morgan fingerprint density at radius 1 is 1.60 bits per heavy atom. The molecule has 0 aromatic carbocycles. The second-order valence-corrected chi connectivity index (χ2v) is 3.66. The fourth-order valence-electron chi connectivity index (χ4n) is 0.653. The van der Waals surface area contributed by atoms with Crippen molar-refractivity contribution >= 4 is 23.2 Å². The van der Waals surface area contributed by atoms with E-state index < -0.39 is 0 Å². The third kappa shape index (κ3) is 6.44. The van der Waals surface area contributed by atoms with Gasteiger partial charge in [0.2, 0.25) is 0 Å². The van der Waals surface area contributed by atoms with Crippen LogP contribution in [0.25, 0.3) is 0 Å². The number of alkyl halides is 1. The average Bonchev–Trinajstić information content (AvgIpc) is 1.82. The maximum atomic E-state index is 5.83. The molecule has 0 radical (unpaired) electrons. The quantitative estimate of drug-likeness (QED) is 0.576. The molecule has 0 saturated carbocycles. The molecule has 0 fully saturated rings. The zero-order valence-electron chi connectivity index (χ0n) is 6.53. The van der Waals surface area contributed by atoms with Crippen LogP contribution in [0.3, 0.4) is 0 Å². The second kappa shape index (κ2) is 6.06. The molecule has 0 amide bonds. The maximum Gasteiger partial charge on any atom is 0.0356 e. The van der Waals surface area contributed by atoms with Crippen molar-refractivity contribution in [2.24, 2.45) is 0 Å². The Bertz CT molecular complexity index is 106. The van der Waals surface area contributed by atoms with Crippen LogP contribution in [0.1, 0.15) is 33.1 Å². The largest absolute Gasteiger partial charge is 0.123 e. The van der Waals surface area contributed by atoms with E-state index in [0.717, 1.165) is 24.3 Å². The Labute approximate surface area is 73.2 Å². The molecule has 0 aliphatic rings. The van der Waals surface area contributed by atoms with Gasteiger partial charge >= 0.3 is 0 Å². The lowest BCUT2D eigenvalue weighted by Gasteiger charge is -1.99. The van der Waals surface area contributed by atoms with Crippen molar-refractivity contribution in [3.8, 4) is 0 Å². The van der Waals surface area contributed by atoms with E-state index in [0.29, 0.717) is 0 Å². The van der Waals surface area contributed by atoms with E-state index in [1.165, 1.54) is 0 Å². The van der Waals surface area contributed by atoms with Crippen LogP contribution >= 0.6 is 23.2 Å². The van der Waals surface area contributed by atoms with Gasteiger partial charge in [-0.05, 0) is 19.8 Å². The first-order chi connectivity index (χ1) is 4.66. The predicted molar refractivity (Wildman–Crippen MR) is 48.8 cm³/mol. The van der Waals surface area contributed by atoms with Gasteiger partial charge in [-0.3, -0.25) is 0 Å². The molecule has 0 nitrogen and oxygen atoms in total. The van der Waals surface area contributed by atoms with Gasteiger partial charge in [0.25, 0.3) is 0 Å². The number of hydrogen-bond acceptors (Lipinski definition) is 0. The van der Waals surface area contributed by atoms with E-state index in [1.807, 2.05) is 13.0 Å². The topological polar surface area (TPSA) is 0 Å². The van der Waals surface area contributed by atoms with Crippen LogP contribution in [0.5, 0.6) is 0 Å². The fraction of sp³-hybridized carbons (Fsp3) is 0.750. The van der Waals surface area contributed by atoms with Crippen molar-refractivity contribution in [2.75, 3.05) is 0 Å². The van der Waals surface area contributed by atoms with Gasteiger partial charge in [0.15, 0.2) is 0 Å². The summed E-state index contributed by atoms with van der Waals surface area (Å²) in [7, 11) is 0. The molecular weight excluding hydrogens is 167 g/mol. The molecule has 1 atom stereocenters. The lowest BCUT2D eigenvalue weighted by atomic mass is 10.2. The van der Waals surface area contributed by atoms with Crippen molar-refractivity contribution in [3.05, 3.63) is 11.1 Å². The molecule has 0 aromatic heterocycles. The summed E-state index contributed by atoms with van der Waals surface area (Å²) in [6, 6.07) is 0. The highest BCUT2D eigenvalue weighted by atomic mass is 35.5. The van der Waals surface area contributed by atoms with Crippen molar-refractivity contribution < 1.29 is 0 Å². The van der Waals surface area contributed by atoms with Crippen molar-refractivity contribution in [1.29, 1.82) is 0 Å². The minimum Gasteiger partial charge on any atom is -0.123 e. The van der Waals surface area contributed by atoms with Crippen LogP contribution in [-0.2, 0) is 0 Å². The van der Waals surface area contributed by atoms with Gasteiger partial charge in [0, 0.05) is 10.4 Å². The minimum absolute atomic E-state index is 0.153. The van der Waals surface area contributed by atoms with Crippen LogP contribution in [0.15, 0.2) is 11.1 Å². The molecule has 0 aliphatic heterocycles.